The molecular formula is C27H30N4O2. The van der Waals surface area contributed by atoms with Gasteiger partial charge in [-0.1, -0.05) is 30.7 Å². The summed E-state index contributed by atoms with van der Waals surface area (Å²) < 4.78 is 13.5. The van der Waals surface area contributed by atoms with Gasteiger partial charge >= 0.3 is 0 Å². The summed E-state index contributed by atoms with van der Waals surface area (Å²) in [4.78, 5) is 12.3. The van der Waals surface area contributed by atoms with Crippen LogP contribution in [0.2, 0.25) is 0 Å². The molecule has 1 aromatic heterocycles. The lowest BCUT2D eigenvalue weighted by molar-refractivity contribution is 0.221. The first-order chi connectivity index (χ1) is 16.3. The zero-order valence-electron chi connectivity index (χ0n) is 19.3. The Labute approximate surface area is 194 Å². The van der Waals surface area contributed by atoms with Crippen LogP contribution in [0.15, 0.2) is 59.6 Å². The van der Waals surface area contributed by atoms with Crippen molar-refractivity contribution in [3.05, 3.63) is 60.4 Å². The van der Waals surface area contributed by atoms with Crippen LogP contribution in [0, 0.1) is 0 Å². The lowest BCUT2D eigenvalue weighted by Crippen LogP contribution is -2.32. The molecule has 1 aliphatic rings. The minimum atomic E-state index is 0.775. The lowest BCUT2D eigenvalue weighted by atomic mass is 10.1. The summed E-state index contributed by atoms with van der Waals surface area (Å²) in [7, 11) is 3.36. The summed E-state index contributed by atoms with van der Waals surface area (Å²) in [6.45, 7) is 4.30. The number of hydrogen-bond acceptors (Lipinski definition) is 5. The number of hydrogen-bond donors (Lipinski definition) is 0. The van der Waals surface area contributed by atoms with Gasteiger partial charge in [-0.15, -0.1) is 0 Å². The molecule has 0 bridgehead atoms. The molecule has 0 aliphatic carbocycles. The number of fused-ring (bicyclic) bond motifs is 2. The average molecular weight is 443 g/mol. The molecule has 0 N–H and O–H groups in total. The minimum Gasteiger partial charge on any atom is -0.496 e. The van der Waals surface area contributed by atoms with Crippen LogP contribution >= 0.6 is 0 Å². The normalized spacial score (nSPS) is 15.0. The van der Waals surface area contributed by atoms with E-state index >= 15 is 0 Å². The van der Waals surface area contributed by atoms with Gasteiger partial charge in [-0.2, -0.15) is 0 Å². The number of rotatable bonds is 7. The van der Waals surface area contributed by atoms with Crippen molar-refractivity contribution in [2.45, 2.75) is 25.8 Å². The van der Waals surface area contributed by atoms with E-state index in [-0.39, 0.29) is 0 Å². The first-order valence-electron chi connectivity index (χ1n) is 11.6. The van der Waals surface area contributed by atoms with E-state index in [1.54, 1.807) is 14.2 Å². The second-order valence-corrected chi connectivity index (χ2v) is 8.44. The van der Waals surface area contributed by atoms with Crippen LogP contribution in [0.3, 0.4) is 0 Å². The zero-order valence-corrected chi connectivity index (χ0v) is 19.3. The fourth-order valence-electron chi connectivity index (χ4n) is 4.76. The van der Waals surface area contributed by atoms with Crippen molar-refractivity contribution >= 4 is 33.7 Å². The van der Waals surface area contributed by atoms with Crippen LogP contribution < -0.4 is 9.47 Å². The molecule has 1 fully saturated rings. The number of benzene rings is 3. The van der Waals surface area contributed by atoms with E-state index < -0.39 is 0 Å². The summed E-state index contributed by atoms with van der Waals surface area (Å²) in [5.41, 5.74) is 2.97. The third-order valence-corrected chi connectivity index (χ3v) is 6.47. The maximum atomic E-state index is 5.64. The van der Waals surface area contributed by atoms with Crippen molar-refractivity contribution < 1.29 is 9.47 Å². The molecule has 33 heavy (non-hydrogen) atoms. The number of likely N-dealkylation sites (tertiary alicyclic amines) is 1. The molecule has 6 nitrogen and oxygen atoms in total. The van der Waals surface area contributed by atoms with Crippen molar-refractivity contribution in [2.24, 2.45) is 4.99 Å². The molecule has 2 heterocycles. The highest BCUT2D eigenvalue weighted by molar-refractivity contribution is 6.02. The molecule has 6 heteroatoms. The van der Waals surface area contributed by atoms with Gasteiger partial charge in [0.2, 0.25) is 0 Å². The van der Waals surface area contributed by atoms with Gasteiger partial charge < -0.3 is 18.9 Å². The maximum absolute atomic E-state index is 5.64. The van der Waals surface area contributed by atoms with Gasteiger partial charge in [0.1, 0.15) is 11.5 Å². The van der Waals surface area contributed by atoms with E-state index in [4.69, 9.17) is 19.5 Å². The Kier molecular flexibility index (Phi) is 6.26. The average Bonchev–Trinajstić information content (AvgIpc) is 3.23. The van der Waals surface area contributed by atoms with Crippen LogP contribution in [0.4, 0.5) is 5.69 Å². The number of aliphatic imine (C=N–C) groups is 1. The Bertz CT molecular complexity index is 1290. The molecule has 0 atom stereocenters. The highest BCUT2D eigenvalue weighted by atomic mass is 16.5. The largest absolute Gasteiger partial charge is 0.496 e. The number of nitrogens with zero attached hydrogens (tertiary/aromatic N) is 4. The molecule has 0 saturated carbocycles. The summed E-state index contributed by atoms with van der Waals surface area (Å²) >= 11 is 0. The van der Waals surface area contributed by atoms with Crippen molar-refractivity contribution in [1.82, 2.24) is 14.5 Å². The highest BCUT2D eigenvalue weighted by Gasteiger charge is 2.14. The number of aromatic nitrogens is 2. The van der Waals surface area contributed by atoms with Gasteiger partial charge in [0.05, 0.1) is 42.5 Å². The number of ether oxygens (including phenoxy) is 2. The summed E-state index contributed by atoms with van der Waals surface area (Å²) in [5, 5.41) is 1.91. The molecule has 3 aromatic carbocycles. The monoisotopic (exact) mass is 442 g/mol. The SMILES string of the molecule is COc1ccc(N=Cc2nc3ccccc3n2CCN2CCCCC2)c2c(OC)cccc12. The third-order valence-electron chi connectivity index (χ3n) is 6.47. The van der Waals surface area contributed by atoms with E-state index in [1.165, 1.54) is 32.4 Å². The second kappa shape index (κ2) is 9.63. The molecule has 0 radical (unpaired) electrons. The zero-order chi connectivity index (χ0) is 22.6. The standard InChI is InChI=1S/C27H30N4O2/c1-32-24-14-13-22(27-20(24)9-8-12-25(27)33-2)28-19-26-29-21-10-4-5-11-23(21)31(26)18-17-30-15-6-3-7-16-30/h4-5,8-14,19H,3,6-7,15-18H2,1-2H3. The number of piperidine rings is 1. The van der Waals surface area contributed by atoms with Crippen molar-refractivity contribution in [2.75, 3.05) is 33.9 Å². The molecule has 0 spiro atoms. The van der Waals surface area contributed by atoms with Crippen molar-refractivity contribution in [3.8, 4) is 11.5 Å². The van der Waals surface area contributed by atoms with Crippen LogP contribution in [0.1, 0.15) is 25.1 Å². The van der Waals surface area contributed by atoms with Crippen molar-refractivity contribution in [3.63, 3.8) is 0 Å². The van der Waals surface area contributed by atoms with Gasteiger partial charge in [-0.05, 0) is 56.3 Å². The van der Waals surface area contributed by atoms with Gasteiger partial charge in [-0.3, -0.25) is 4.99 Å². The summed E-state index contributed by atoms with van der Waals surface area (Å²) in [6.07, 6.45) is 5.82. The van der Waals surface area contributed by atoms with E-state index in [1.807, 2.05) is 42.6 Å². The Balaban J connectivity index is 1.53. The molecular weight excluding hydrogens is 412 g/mol. The molecule has 4 aromatic rings. The first-order valence-corrected chi connectivity index (χ1v) is 11.6. The Morgan fingerprint density at radius 3 is 2.52 bits per heavy atom. The van der Waals surface area contributed by atoms with Crippen LogP contribution in [-0.2, 0) is 6.54 Å². The fourth-order valence-corrected chi connectivity index (χ4v) is 4.76. The van der Waals surface area contributed by atoms with Gasteiger partial charge in [-0.25, -0.2) is 4.98 Å². The smallest absolute Gasteiger partial charge is 0.152 e. The van der Waals surface area contributed by atoms with Crippen LogP contribution in [0.5, 0.6) is 11.5 Å². The Hall–Kier alpha value is -3.38. The summed E-state index contributed by atoms with van der Waals surface area (Å²) in [5.74, 6) is 2.45. The summed E-state index contributed by atoms with van der Waals surface area (Å²) in [6, 6.07) is 18.2. The van der Waals surface area contributed by atoms with Crippen molar-refractivity contribution in [1.29, 1.82) is 0 Å². The van der Waals surface area contributed by atoms with E-state index in [0.717, 1.165) is 57.9 Å². The van der Waals surface area contributed by atoms with E-state index in [9.17, 15) is 0 Å². The maximum Gasteiger partial charge on any atom is 0.152 e. The topological polar surface area (TPSA) is 51.9 Å². The van der Waals surface area contributed by atoms with Crippen LogP contribution in [0.25, 0.3) is 21.8 Å². The van der Waals surface area contributed by atoms with E-state index in [2.05, 4.69) is 27.7 Å². The minimum absolute atomic E-state index is 0.775. The quantitative estimate of drug-likeness (QED) is 0.358. The predicted octanol–water partition coefficient (Wildman–Crippen LogP) is 5.44. The lowest BCUT2D eigenvalue weighted by Gasteiger charge is -2.26. The Morgan fingerprint density at radius 2 is 1.70 bits per heavy atom. The molecule has 1 aliphatic heterocycles. The first kappa shape index (κ1) is 21.5. The van der Waals surface area contributed by atoms with E-state index in [0.29, 0.717) is 0 Å². The number of para-hydroxylation sites is 2. The van der Waals surface area contributed by atoms with Crippen LogP contribution in [-0.4, -0.2) is 54.5 Å². The molecule has 0 amide bonds. The second-order valence-electron chi connectivity index (χ2n) is 8.44. The van der Waals surface area contributed by atoms with Gasteiger partial charge in [0, 0.05) is 18.5 Å². The molecule has 0 unspecified atom stereocenters. The number of methoxy groups -OCH3 is 2. The Morgan fingerprint density at radius 1 is 0.879 bits per heavy atom. The predicted molar refractivity (Wildman–Crippen MR) is 134 cm³/mol. The van der Waals surface area contributed by atoms with Gasteiger partial charge in [0.25, 0.3) is 0 Å². The molecule has 1 saturated heterocycles. The molecule has 5 rings (SSSR count). The fraction of sp³-hybridized carbons (Fsp3) is 0.333. The highest BCUT2D eigenvalue weighted by Crippen LogP contribution is 2.39. The third kappa shape index (κ3) is 4.31. The molecule has 170 valence electrons. The number of imidazole rings is 1. The van der Waals surface area contributed by atoms with Gasteiger partial charge in [0.15, 0.2) is 5.82 Å².